The second-order valence-electron chi connectivity index (χ2n) is 5.98. The Morgan fingerprint density at radius 2 is 1.72 bits per heavy atom. The third-order valence-electron chi connectivity index (χ3n) is 4.41. The minimum absolute atomic E-state index is 0.125. The molecule has 25 heavy (non-hydrogen) atoms. The van der Waals surface area contributed by atoms with Crippen molar-refractivity contribution in [1.82, 2.24) is 4.90 Å². The molecule has 1 saturated heterocycles. The summed E-state index contributed by atoms with van der Waals surface area (Å²) in [5, 5.41) is 11.3. The average Bonchev–Trinajstić information content (AvgIpc) is 2.61. The van der Waals surface area contributed by atoms with Crippen molar-refractivity contribution in [2.75, 3.05) is 31.1 Å². The Morgan fingerprint density at radius 1 is 1.08 bits per heavy atom. The number of rotatable bonds is 3. The van der Waals surface area contributed by atoms with Crippen LogP contribution in [0.4, 0.5) is 15.8 Å². The number of carbonyl (C=O) groups is 1. The molecule has 0 bridgehead atoms. The van der Waals surface area contributed by atoms with Crippen LogP contribution in [0.5, 0.6) is 0 Å². The molecule has 7 heteroatoms. The number of hydrogen-bond acceptors (Lipinski definition) is 4. The number of nitro benzene ring substituents is 1. The van der Waals surface area contributed by atoms with Crippen LogP contribution >= 0.6 is 0 Å². The molecule has 0 aliphatic carbocycles. The quantitative estimate of drug-likeness (QED) is 0.635. The van der Waals surface area contributed by atoms with E-state index in [-0.39, 0.29) is 23.0 Å². The molecular weight excluding hydrogens is 325 g/mol. The SMILES string of the molecule is Cc1cccc(C(=O)N2CCN(c3ccc(F)cc3)CC2)c1[N+](=O)[O-]. The molecule has 2 aromatic rings. The zero-order valence-electron chi connectivity index (χ0n) is 13.8. The van der Waals surface area contributed by atoms with Crippen LogP contribution in [0.25, 0.3) is 0 Å². The van der Waals surface area contributed by atoms with Crippen LogP contribution in [-0.2, 0) is 0 Å². The maximum absolute atomic E-state index is 13.0. The van der Waals surface area contributed by atoms with Crippen LogP contribution in [-0.4, -0.2) is 41.9 Å². The number of carbonyl (C=O) groups excluding carboxylic acids is 1. The van der Waals surface area contributed by atoms with Crippen molar-refractivity contribution < 1.29 is 14.1 Å². The Balaban J connectivity index is 1.73. The fourth-order valence-electron chi connectivity index (χ4n) is 3.06. The maximum atomic E-state index is 13.0. The average molecular weight is 343 g/mol. The molecule has 0 spiro atoms. The highest BCUT2D eigenvalue weighted by Gasteiger charge is 2.28. The summed E-state index contributed by atoms with van der Waals surface area (Å²) in [6, 6.07) is 11.0. The highest BCUT2D eigenvalue weighted by atomic mass is 19.1. The standard InChI is InChI=1S/C18H18FN3O3/c1-13-3-2-4-16(17(13)22(24)25)18(23)21-11-9-20(10-12-21)15-7-5-14(19)6-8-15/h2-8H,9-12H2,1H3. The molecule has 2 aromatic carbocycles. The molecule has 0 atom stereocenters. The zero-order chi connectivity index (χ0) is 18.0. The monoisotopic (exact) mass is 343 g/mol. The van der Waals surface area contributed by atoms with E-state index in [0.29, 0.717) is 31.7 Å². The number of hydrogen-bond donors (Lipinski definition) is 0. The Bertz CT molecular complexity index is 800. The van der Waals surface area contributed by atoms with E-state index in [1.54, 1.807) is 36.1 Å². The van der Waals surface area contributed by atoms with Gasteiger partial charge >= 0.3 is 0 Å². The van der Waals surface area contributed by atoms with Gasteiger partial charge in [-0.15, -0.1) is 0 Å². The molecule has 1 aliphatic rings. The molecule has 1 heterocycles. The number of anilines is 1. The fourth-order valence-corrected chi connectivity index (χ4v) is 3.06. The number of benzene rings is 2. The number of para-hydroxylation sites is 1. The normalized spacial score (nSPS) is 14.5. The molecule has 130 valence electrons. The fraction of sp³-hybridized carbons (Fsp3) is 0.278. The highest BCUT2D eigenvalue weighted by Crippen LogP contribution is 2.25. The zero-order valence-corrected chi connectivity index (χ0v) is 13.8. The summed E-state index contributed by atoms with van der Waals surface area (Å²) in [7, 11) is 0. The second-order valence-corrected chi connectivity index (χ2v) is 5.98. The molecule has 0 radical (unpaired) electrons. The van der Waals surface area contributed by atoms with Crippen molar-refractivity contribution in [1.29, 1.82) is 0 Å². The van der Waals surface area contributed by atoms with Crippen molar-refractivity contribution in [3.63, 3.8) is 0 Å². The molecule has 0 N–H and O–H groups in total. The van der Waals surface area contributed by atoms with Crippen LogP contribution in [0.3, 0.4) is 0 Å². The lowest BCUT2D eigenvalue weighted by atomic mass is 10.1. The van der Waals surface area contributed by atoms with Gasteiger partial charge in [0, 0.05) is 37.4 Å². The van der Waals surface area contributed by atoms with Gasteiger partial charge in [0.05, 0.1) is 4.92 Å². The van der Waals surface area contributed by atoms with Crippen molar-refractivity contribution in [3.05, 3.63) is 69.5 Å². The Kier molecular flexibility index (Phi) is 4.65. The molecule has 3 rings (SSSR count). The predicted octanol–water partition coefficient (Wildman–Crippen LogP) is 3.00. The lowest BCUT2D eigenvalue weighted by molar-refractivity contribution is -0.385. The first-order chi connectivity index (χ1) is 12.0. The van der Waals surface area contributed by atoms with Crippen molar-refractivity contribution in [2.24, 2.45) is 0 Å². The molecule has 1 amide bonds. The summed E-state index contributed by atoms with van der Waals surface area (Å²) < 4.78 is 13.0. The van der Waals surface area contributed by atoms with Crippen LogP contribution in [0.2, 0.25) is 0 Å². The van der Waals surface area contributed by atoms with Gasteiger partial charge in [-0.1, -0.05) is 12.1 Å². The van der Waals surface area contributed by atoms with Crippen LogP contribution in [0.15, 0.2) is 42.5 Å². The summed E-state index contributed by atoms with van der Waals surface area (Å²) >= 11 is 0. The summed E-state index contributed by atoms with van der Waals surface area (Å²) in [5.74, 6) is -0.613. The van der Waals surface area contributed by atoms with Crippen LogP contribution in [0.1, 0.15) is 15.9 Å². The van der Waals surface area contributed by atoms with E-state index in [1.165, 1.54) is 18.2 Å². The summed E-state index contributed by atoms with van der Waals surface area (Å²) in [4.78, 5) is 27.2. The van der Waals surface area contributed by atoms with Gasteiger partial charge < -0.3 is 9.80 Å². The van der Waals surface area contributed by atoms with E-state index in [4.69, 9.17) is 0 Å². The summed E-state index contributed by atoms with van der Waals surface area (Å²) in [5.41, 5.74) is 1.37. The van der Waals surface area contributed by atoms with E-state index in [9.17, 15) is 19.3 Å². The molecule has 1 aliphatic heterocycles. The third kappa shape index (κ3) is 3.45. The van der Waals surface area contributed by atoms with Gasteiger partial charge in [0.2, 0.25) is 0 Å². The van der Waals surface area contributed by atoms with E-state index in [0.717, 1.165) is 5.69 Å². The predicted molar refractivity (Wildman–Crippen MR) is 92.3 cm³/mol. The number of nitrogens with zero attached hydrogens (tertiary/aromatic N) is 3. The van der Waals surface area contributed by atoms with E-state index in [2.05, 4.69) is 4.90 Å². The number of nitro groups is 1. The smallest absolute Gasteiger partial charge is 0.285 e. The van der Waals surface area contributed by atoms with Gasteiger partial charge in [0.25, 0.3) is 11.6 Å². The van der Waals surface area contributed by atoms with E-state index < -0.39 is 4.92 Å². The maximum Gasteiger partial charge on any atom is 0.285 e. The van der Waals surface area contributed by atoms with E-state index in [1.807, 2.05) is 0 Å². The minimum Gasteiger partial charge on any atom is -0.368 e. The largest absolute Gasteiger partial charge is 0.368 e. The summed E-state index contributed by atoms with van der Waals surface area (Å²) in [6.45, 7) is 3.73. The second kappa shape index (κ2) is 6.88. The molecule has 0 unspecified atom stereocenters. The number of aryl methyl sites for hydroxylation is 1. The third-order valence-corrected chi connectivity index (χ3v) is 4.41. The minimum atomic E-state index is -0.503. The first-order valence-corrected chi connectivity index (χ1v) is 8.01. The molecule has 6 nitrogen and oxygen atoms in total. The van der Waals surface area contributed by atoms with Gasteiger partial charge in [-0.3, -0.25) is 14.9 Å². The molecule has 0 saturated carbocycles. The first-order valence-electron chi connectivity index (χ1n) is 8.01. The molecule has 1 fully saturated rings. The topological polar surface area (TPSA) is 66.7 Å². The van der Waals surface area contributed by atoms with Crippen molar-refractivity contribution in [2.45, 2.75) is 6.92 Å². The van der Waals surface area contributed by atoms with Crippen LogP contribution < -0.4 is 4.90 Å². The van der Waals surface area contributed by atoms with Gasteiger partial charge in [-0.25, -0.2) is 4.39 Å². The molecular formula is C18H18FN3O3. The van der Waals surface area contributed by atoms with Gasteiger partial charge in [0.1, 0.15) is 11.4 Å². The van der Waals surface area contributed by atoms with E-state index >= 15 is 0 Å². The Morgan fingerprint density at radius 3 is 2.32 bits per heavy atom. The van der Waals surface area contributed by atoms with Crippen LogP contribution in [0, 0.1) is 22.9 Å². The van der Waals surface area contributed by atoms with Gasteiger partial charge in [0.15, 0.2) is 0 Å². The Hall–Kier alpha value is -2.96. The lowest BCUT2D eigenvalue weighted by Gasteiger charge is -2.36. The Labute approximate surface area is 144 Å². The number of piperazine rings is 1. The molecule has 0 aromatic heterocycles. The summed E-state index contributed by atoms with van der Waals surface area (Å²) in [6.07, 6.45) is 0. The number of amides is 1. The van der Waals surface area contributed by atoms with Crippen molar-refractivity contribution in [3.8, 4) is 0 Å². The van der Waals surface area contributed by atoms with Gasteiger partial charge in [-0.2, -0.15) is 0 Å². The first kappa shape index (κ1) is 16.9. The number of halogens is 1. The van der Waals surface area contributed by atoms with Gasteiger partial charge in [-0.05, 0) is 37.3 Å². The lowest BCUT2D eigenvalue weighted by Crippen LogP contribution is -2.48. The van der Waals surface area contributed by atoms with Crippen molar-refractivity contribution >= 4 is 17.3 Å². The highest BCUT2D eigenvalue weighted by molar-refractivity contribution is 5.98.